The van der Waals surface area contributed by atoms with Gasteiger partial charge in [-0.25, -0.2) is 0 Å². The minimum atomic E-state index is -0.529. The first kappa shape index (κ1) is 17.8. The van der Waals surface area contributed by atoms with E-state index in [-0.39, 0.29) is 5.97 Å². The summed E-state index contributed by atoms with van der Waals surface area (Å²) in [6.45, 7) is 8.70. The molecule has 0 amide bonds. The number of hydrogen-bond acceptors (Lipinski definition) is 4. The van der Waals surface area contributed by atoms with Gasteiger partial charge in [-0.3, -0.25) is 4.79 Å². The van der Waals surface area contributed by atoms with Crippen LogP contribution in [0.25, 0.3) is 0 Å². The summed E-state index contributed by atoms with van der Waals surface area (Å²) < 4.78 is 5.10. The molecule has 0 aromatic heterocycles. The van der Waals surface area contributed by atoms with E-state index >= 15 is 0 Å². The second-order valence-corrected chi connectivity index (χ2v) is 6.38. The van der Waals surface area contributed by atoms with Crippen LogP contribution in [-0.4, -0.2) is 36.7 Å². The molecular weight excluding hydrogens is 246 g/mol. The topological polar surface area (TPSA) is 38.3 Å². The molecule has 0 heterocycles. The highest BCUT2D eigenvalue weighted by molar-refractivity contribution is 7.99. The monoisotopic (exact) mass is 275 g/mol. The van der Waals surface area contributed by atoms with Gasteiger partial charge in [0.05, 0.1) is 6.61 Å². The number of thioether (sulfide) groups is 1. The molecule has 4 heteroatoms. The lowest BCUT2D eigenvalue weighted by Crippen LogP contribution is -2.48. The minimum Gasteiger partial charge on any atom is -0.465 e. The van der Waals surface area contributed by atoms with E-state index in [0.29, 0.717) is 6.61 Å². The molecule has 0 aromatic carbocycles. The summed E-state index contributed by atoms with van der Waals surface area (Å²) >= 11 is 2.00. The molecule has 0 spiro atoms. The van der Waals surface area contributed by atoms with Crippen molar-refractivity contribution in [3.63, 3.8) is 0 Å². The largest absolute Gasteiger partial charge is 0.465 e. The normalized spacial score (nSPS) is 14.6. The first-order valence-electron chi connectivity index (χ1n) is 6.90. The maximum absolute atomic E-state index is 11.8. The van der Waals surface area contributed by atoms with E-state index in [1.165, 1.54) is 11.5 Å². The zero-order valence-electron chi connectivity index (χ0n) is 12.5. The Morgan fingerprint density at radius 3 is 2.56 bits per heavy atom. The summed E-state index contributed by atoms with van der Waals surface area (Å²) in [4.78, 5) is 11.8. The highest BCUT2D eigenvalue weighted by Crippen LogP contribution is 2.17. The quantitative estimate of drug-likeness (QED) is 0.491. The molecule has 0 fully saturated rings. The standard InChI is InChI=1S/C14H29NO2S/c1-6-17-13(16)14(4,15-5)9-7-8-10-18-11-12(2)3/h12,15H,6-11H2,1-5H3. The molecule has 1 unspecified atom stereocenters. The molecule has 0 aromatic rings. The third kappa shape index (κ3) is 7.27. The van der Waals surface area contributed by atoms with Gasteiger partial charge in [0.15, 0.2) is 0 Å². The molecule has 0 saturated carbocycles. The van der Waals surface area contributed by atoms with Crippen molar-refractivity contribution in [2.45, 2.75) is 52.5 Å². The van der Waals surface area contributed by atoms with Crippen LogP contribution in [0.3, 0.4) is 0 Å². The van der Waals surface area contributed by atoms with Crippen molar-refractivity contribution >= 4 is 17.7 Å². The van der Waals surface area contributed by atoms with E-state index in [1.807, 2.05) is 32.7 Å². The van der Waals surface area contributed by atoms with Gasteiger partial charge in [-0.05, 0) is 51.2 Å². The summed E-state index contributed by atoms with van der Waals surface area (Å²) in [7, 11) is 1.82. The number of ether oxygens (including phenoxy) is 1. The summed E-state index contributed by atoms with van der Waals surface area (Å²) in [5.74, 6) is 3.03. The van der Waals surface area contributed by atoms with Gasteiger partial charge < -0.3 is 10.1 Å². The fourth-order valence-corrected chi connectivity index (χ4v) is 2.67. The third-order valence-electron chi connectivity index (χ3n) is 2.94. The molecular formula is C14H29NO2S. The number of nitrogens with one attached hydrogen (secondary N) is 1. The Hall–Kier alpha value is -0.220. The van der Waals surface area contributed by atoms with E-state index in [1.54, 1.807) is 0 Å². The van der Waals surface area contributed by atoms with Crippen molar-refractivity contribution in [2.75, 3.05) is 25.2 Å². The number of unbranched alkanes of at least 4 members (excludes halogenated alkanes) is 1. The van der Waals surface area contributed by atoms with Crippen LogP contribution in [0.15, 0.2) is 0 Å². The molecule has 108 valence electrons. The summed E-state index contributed by atoms with van der Waals surface area (Å²) in [6, 6.07) is 0. The Labute approximate surface area is 116 Å². The van der Waals surface area contributed by atoms with Gasteiger partial charge in [-0.2, -0.15) is 11.8 Å². The zero-order valence-corrected chi connectivity index (χ0v) is 13.4. The number of carbonyl (C=O) groups excluding carboxylic acids is 1. The number of esters is 1. The summed E-state index contributed by atoms with van der Waals surface area (Å²) in [5, 5.41) is 3.09. The van der Waals surface area contributed by atoms with Crippen molar-refractivity contribution in [1.29, 1.82) is 0 Å². The third-order valence-corrected chi connectivity index (χ3v) is 4.42. The lowest BCUT2D eigenvalue weighted by Gasteiger charge is -2.26. The number of rotatable bonds is 10. The second kappa shape index (κ2) is 9.68. The van der Waals surface area contributed by atoms with Gasteiger partial charge in [0, 0.05) is 0 Å². The fourth-order valence-electron chi connectivity index (χ4n) is 1.62. The van der Waals surface area contributed by atoms with E-state index in [4.69, 9.17) is 4.74 Å². The predicted octanol–water partition coefficient (Wildman–Crippen LogP) is 3.09. The van der Waals surface area contributed by atoms with Gasteiger partial charge in [-0.15, -0.1) is 0 Å². The van der Waals surface area contributed by atoms with Crippen molar-refractivity contribution < 1.29 is 9.53 Å². The molecule has 0 radical (unpaired) electrons. The minimum absolute atomic E-state index is 0.137. The van der Waals surface area contributed by atoms with Gasteiger partial charge in [0.25, 0.3) is 0 Å². The lowest BCUT2D eigenvalue weighted by atomic mass is 9.95. The summed E-state index contributed by atoms with van der Waals surface area (Å²) in [6.07, 6.45) is 3.06. The van der Waals surface area contributed by atoms with Crippen molar-refractivity contribution in [3.8, 4) is 0 Å². The number of hydrogen-bond donors (Lipinski definition) is 1. The Morgan fingerprint density at radius 1 is 1.39 bits per heavy atom. The smallest absolute Gasteiger partial charge is 0.326 e. The van der Waals surface area contributed by atoms with Crippen LogP contribution in [0, 0.1) is 5.92 Å². The molecule has 0 aliphatic rings. The van der Waals surface area contributed by atoms with Crippen LogP contribution in [-0.2, 0) is 9.53 Å². The van der Waals surface area contributed by atoms with Gasteiger partial charge >= 0.3 is 5.97 Å². The molecule has 0 rings (SSSR count). The van der Waals surface area contributed by atoms with Crippen molar-refractivity contribution in [2.24, 2.45) is 5.92 Å². The zero-order chi connectivity index (χ0) is 14.0. The average molecular weight is 275 g/mol. The van der Waals surface area contributed by atoms with Crippen molar-refractivity contribution in [1.82, 2.24) is 5.32 Å². The molecule has 0 aliphatic carbocycles. The van der Waals surface area contributed by atoms with Crippen LogP contribution in [0.1, 0.15) is 47.0 Å². The van der Waals surface area contributed by atoms with Crippen LogP contribution >= 0.6 is 11.8 Å². The maximum atomic E-state index is 11.8. The lowest BCUT2D eigenvalue weighted by molar-refractivity contribution is -0.150. The summed E-state index contributed by atoms with van der Waals surface area (Å²) in [5.41, 5.74) is -0.529. The maximum Gasteiger partial charge on any atom is 0.326 e. The van der Waals surface area contributed by atoms with E-state index in [9.17, 15) is 4.79 Å². The Bertz CT molecular complexity index is 234. The van der Waals surface area contributed by atoms with Crippen LogP contribution in [0.2, 0.25) is 0 Å². The van der Waals surface area contributed by atoms with Gasteiger partial charge in [0.1, 0.15) is 5.54 Å². The number of carbonyl (C=O) groups is 1. The van der Waals surface area contributed by atoms with E-state index < -0.39 is 5.54 Å². The van der Waals surface area contributed by atoms with Crippen molar-refractivity contribution in [3.05, 3.63) is 0 Å². The molecule has 18 heavy (non-hydrogen) atoms. The SMILES string of the molecule is CCOC(=O)C(C)(CCCCSCC(C)C)NC. The highest BCUT2D eigenvalue weighted by Gasteiger charge is 2.31. The first-order valence-corrected chi connectivity index (χ1v) is 8.05. The fraction of sp³-hybridized carbons (Fsp3) is 0.929. The predicted molar refractivity (Wildman–Crippen MR) is 80.1 cm³/mol. The number of likely N-dealkylation sites (N-methyl/N-ethyl adjacent to an activating group) is 1. The highest BCUT2D eigenvalue weighted by atomic mass is 32.2. The molecule has 0 saturated heterocycles. The molecule has 3 nitrogen and oxygen atoms in total. The molecule has 0 bridgehead atoms. The molecule has 0 aliphatic heterocycles. The second-order valence-electron chi connectivity index (χ2n) is 5.23. The Balaban J connectivity index is 3.82. The Morgan fingerprint density at radius 2 is 2.06 bits per heavy atom. The molecule has 1 atom stereocenters. The Kier molecular flexibility index (Phi) is 9.56. The van der Waals surface area contributed by atoms with E-state index in [0.717, 1.165) is 25.2 Å². The first-order chi connectivity index (χ1) is 8.46. The van der Waals surface area contributed by atoms with Crippen LogP contribution in [0.4, 0.5) is 0 Å². The average Bonchev–Trinajstić information content (AvgIpc) is 2.33. The van der Waals surface area contributed by atoms with E-state index in [2.05, 4.69) is 19.2 Å². The van der Waals surface area contributed by atoms with Crippen LogP contribution < -0.4 is 5.32 Å². The van der Waals surface area contributed by atoms with Crippen LogP contribution in [0.5, 0.6) is 0 Å². The van der Waals surface area contributed by atoms with Gasteiger partial charge in [-0.1, -0.05) is 20.3 Å². The van der Waals surface area contributed by atoms with Gasteiger partial charge in [0.2, 0.25) is 0 Å². The molecule has 1 N–H and O–H groups in total.